The van der Waals surface area contributed by atoms with E-state index in [1.54, 1.807) is 12.1 Å². The van der Waals surface area contributed by atoms with Gasteiger partial charge in [-0.2, -0.15) is 10.2 Å². The Morgan fingerprint density at radius 3 is 2.64 bits per heavy atom. The molecule has 0 aliphatic heterocycles. The third-order valence-electron chi connectivity index (χ3n) is 1.57. The van der Waals surface area contributed by atoms with E-state index in [1.807, 2.05) is 18.2 Å². The molecule has 0 atom stereocenters. The van der Waals surface area contributed by atoms with Gasteiger partial charge in [-0.05, 0) is 12.1 Å². The van der Waals surface area contributed by atoms with E-state index in [0.29, 0.717) is 5.69 Å². The summed E-state index contributed by atoms with van der Waals surface area (Å²) < 4.78 is 0. The summed E-state index contributed by atoms with van der Waals surface area (Å²) in [5.74, 6) is -0.135. The lowest BCUT2D eigenvalue weighted by Gasteiger charge is -1.88. The summed E-state index contributed by atoms with van der Waals surface area (Å²) in [6.07, 6.45) is 2.46. The van der Waals surface area contributed by atoms with Crippen molar-refractivity contribution in [3.05, 3.63) is 36.5 Å². The molecular weight excluding hydrogens is 180 g/mol. The van der Waals surface area contributed by atoms with Gasteiger partial charge in [-0.15, -0.1) is 5.11 Å². The van der Waals surface area contributed by atoms with Crippen molar-refractivity contribution in [1.82, 2.24) is 10.2 Å². The number of azo groups is 1. The van der Waals surface area contributed by atoms with Gasteiger partial charge in [0, 0.05) is 0 Å². The average molecular weight is 187 g/mol. The number of aromatic amines is 1. The van der Waals surface area contributed by atoms with E-state index in [1.165, 1.54) is 0 Å². The van der Waals surface area contributed by atoms with Gasteiger partial charge in [-0.1, -0.05) is 18.2 Å². The first kappa shape index (κ1) is 8.43. The Bertz CT molecular complexity index is 435. The molecule has 0 aliphatic carbocycles. The average Bonchev–Trinajstić information content (AvgIpc) is 2.63. The van der Waals surface area contributed by atoms with Gasteiger partial charge in [0.2, 0.25) is 5.88 Å². The number of aromatic nitrogens is 2. The lowest BCUT2D eigenvalue weighted by molar-refractivity contribution is 0.453. The van der Waals surface area contributed by atoms with Gasteiger partial charge >= 0.3 is 0 Å². The molecule has 1 aromatic carbocycles. The van der Waals surface area contributed by atoms with E-state index in [2.05, 4.69) is 26.6 Å². The van der Waals surface area contributed by atoms with E-state index in [-0.39, 0.29) is 11.6 Å². The number of benzene rings is 1. The second-order valence-electron chi connectivity index (χ2n) is 2.57. The van der Waals surface area contributed by atoms with E-state index >= 15 is 0 Å². The van der Waals surface area contributed by atoms with Crippen LogP contribution in [0.25, 0.3) is 0 Å². The topological polar surface area (TPSA) is 73.6 Å². The van der Waals surface area contributed by atoms with Crippen LogP contribution in [-0.2, 0) is 0 Å². The maximum absolute atomic E-state index is 9.13. The summed E-state index contributed by atoms with van der Waals surface area (Å²) in [6.45, 7) is 0. The largest absolute Gasteiger partial charge is 0.492 e. The summed E-state index contributed by atoms with van der Waals surface area (Å²) in [5.41, 5.74) is 0.912. The summed E-state index contributed by atoms with van der Waals surface area (Å²) in [7, 11) is 0. The van der Waals surface area contributed by atoms with Crippen molar-refractivity contribution in [1.29, 1.82) is 0 Å². The van der Waals surface area contributed by atoms with Crippen molar-refractivity contribution >= 4 is 11.4 Å². The Labute approximate surface area is 80.1 Å². The molecule has 0 amide bonds. The Morgan fingerprint density at radius 1 is 1.21 bits per heavy atom. The quantitative estimate of drug-likeness (QED) is 0.708. The fourth-order valence-corrected chi connectivity index (χ4v) is 0.912. The minimum atomic E-state index is -0.135. The van der Waals surface area contributed by atoms with Gasteiger partial charge in [0.15, 0.2) is 5.69 Å². The fraction of sp³-hybridized carbons (Fsp3) is 0. The van der Waals surface area contributed by atoms with E-state index in [0.717, 1.165) is 0 Å². The number of aromatic hydroxyl groups is 1. The number of H-pyrrole nitrogens is 1. The molecule has 2 rings (SSSR count). The van der Waals surface area contributed by atoms with Crippen LogP contribution in [0.2, 0.25) is 0 Å². The van der Waals surface area contributed by atoms with Gasteiger partial charge in [0.1, 0.15) is 6.20 Å². The Morgan fingerprint density at radius 2 is 2.00 bits per heavy atom. The van der Waals surface area contributed by atoms with Crippen LogP contribution < -0.4 is 0 Å². The molecule has 0 saturated carbocycles. The lowest BCUT2D eigenvalue weighted by Crippen LogP contribution is -1.62. The molecule has 14 heavy (non-hydrogen) atoms. The van der Waals surface area contributed by atoms with Crippen molar-refractivity contribution in [3.8, 4) is 5.88 Å². The van der Waals surface area contributed by atoms with Gasteiger partial charge in [0.25, 0.3) is 0 Å². The third kappa shape index (κ3) is 1.77. The van der Waals surface area contributed by atoms with Crippen LogP contribution in [0, 0.1) is 6.20 Å². The normalized spacial score (nSPS) is 10.9. The van der Waals surface area contributed by atoms with E-state index < -0.39 is 0 Å². The zero-order chi connectivity index (χ0) is 9.80. The smallest absolute Gasteiger partial charge is 0.236 e. The van der Waals surface area contributed by atoms with Crippen LogP contribution in [0.15, 0.2) is 40.6 Å². The minimum Gasteiger partial charge on any atom is -0.492 e. The summed E-state index contributed by atoms with van der Waals surface area (Å²) in [4.78, 5) is 0. The van der Waals surface area contributed by atoms with Crippen molar-refractivity contribution in [2.24, 2.45) is 10.2 Å². The minimum absolute atomic E-state index is 0.135. The van der Waals surface area contributed by atoms with Crippen molar-refractivity contribution in [2.45, 2.75) is 0 Å². The number of nitrogens with zero attached hydrogens (tertiary/aromatic N) is 3. The Kier molecular flexibility index (Phi) is 2.22. The molecule has 69 valence electrons. The molecule has 1 aromatic heterocycles. The van der Waals surface area contributed by atoms with Crippen molar-refractivity contribution in [3.63, 3.8) is 0 Å². The predicted octanol–water partition coefficient (Wildman–Crippen LogP) is 2.33. The highest BCUT2D eigenvalue weighted by molar-refractivity contribution is 5.43. The third-order valence-corrected chi connectivity index (χ3v) is 1.57. The fourth-order valence-electron chi connectivity index (χ4n) is 0.912. The van der Waals surface area contributed by atoms with Crippen LogP contribution in [0.3, 0.4) is 0 Å². The molecule has 0 aliphatic rings. The predicted molar refractivity (Wildman–Crippen MR) is 49.7 cm³/mol. The van der Waals surface area contributed by atoms with Gasteiger partial charge in [0.05, 0.1) is 5.69 Å². The summed E-state index contributed by atoms with van der Waals surface area (Å²) in [6, 6.07) is 9.21. The first-order valence-electron chi connectivity index (χ1n) is 3.98. The highest BCUT2D eigenvalue weighted by Gasteiger charge is 2.00. The first-order valence-corrected chi connectivity index (χ1v) is 3.98. The summed E-state index contributed by atoms with van der Waals surface area (Å²) >= 11 is 0. The maximum Gasteiger partial charge on any atom is 0.236 e. The monoisotopic (exact) mass is 187 g/mol. The van der Waals surface area contributed by atoms with Crippen LogP contribution in [0.4, 0.5) is 11.4 Å². The Balaban J connectivity index is 2.20. The number of rotatable bonds is 2. The highest BCUT2D eigenvalue weighted by atomic mass is 16.3. The summed E-state index contributed by atoms with van der Waals surface area (Å²) in [5, 5.41) is 22.6. The number of hydrogen-bond acceptors (Lipinski definition) is 4. The second kappa shape index (κ2) is 3.69. The molecule has 0 fully saturated rings. The van der Waals surface area contributed by atoms with Gasteiger partial charge in [-0.25, -0.2) is 5.10 Å². The molecule has 2 aromatic rings. The zero-order valence-electron chi connectivity index (χ0n) is 7.18. The van der Waals surface area contributed by atoms with Gasteiger partial charge < -0.3 is 5.11 Å². The number of nitrogens with one attached hydrogen (secondary N) is 1. The molecular formula is C9H7N4O. The first-order chi connectivity index (χ1) is 6.86. The van der Waals surface area contributed by atoms with E-state index in [9.17, 15) is 0 Å². The van der Waals surface area contributed by atoms with Crippen LogP contribution in [0.5, 0.6) is 5.88 Å². The van der Waals surface area contributed by atoms with Crippen molar-refractivity contribution < 1.29 is 5.11 Å². The second-order valence-corrected chi connectivity index (χ2v) is 2.57. The molecule has 0 spiro atoms. The van der Waals surface area contributed by atoms with Gasteiger partial charge in [-0.3, -0.25) is 0 Å². The molecule has 5 nitrogen and oxygen atoms in total. The SMILES string of the molecule is Oc1[nH]n[c]c1N=Nc1ccccc1. The molecule has 2 N–H and O–H groups in total. The van der Waals surface area contributed by atoms with Crippen molar-refractivity contribution in [2.75, 3.05) is 0 Å². The Hall–Kier alpha value is -2.17. The molecule has 0 unspecified atom stereocenters. The molecule has 5 heteroatoms. The molecule has 0 bridgehead atoms. The molecule has 1 heterocycles. The van der Waals surface area contributed by atoms with Crippen LogP contribution in [-0.4, -0.2) is 15.3 Å². The molecule has 0 saturated heterocycles. The zero-order valence-corrected chi connectivity index (χ0v) is 7.18. The highest BCUT2D eigenvalue weighted by Crippen LogP contribution is 2.23. The lowest BCUT2D eigenvalue weighted by atomic mass is 10.3. The van der Waals surface area contributed by atoms with E-state index in [4.69, 9.17) is 5.11 Å². The standard InChI is InChI=1S/C9H7N4O/c14-9-8(6-10-13-9)12-11-7-4-2-1-3-5-7/h1-5H,(H2,10,13,14). The maximum atomic E-state index is 9.13. The number of hydrogen-bond donors (Lipinski definition) is 2. The molecule has 1 radical (unpaired) electrons. The van der Waals surface area contributed by atoms with Crippen LogP contribution in [0.1, 0.15) is 0 Å². The van der Waals surface area contributed by atoms with Crippen LogP contribution >= 0.6 is 0 Å².